The summed E-state index contributed by atoms with van der Waals surface area (Å²) in [6, 6.07) is 13.2. The molecule has 0 saturated carbocycles. The SMILES string of the molecule is COc1cccc(/C=C2/SC(=O)N(Cc3ccc(C)cc3)C2=O)c1OC. The summed E-state index contributed by atoms with van der Waals surface area (Å²) in [6.07, 6.45) is 1.67. The molecule has 0 unspecified atom stereocenters. The van der Waals surface area contributed by atoms with Crippen LogP contribution in [0.2, 0.25) is 0 Å². The largest absolute Gasteiger partial charge is 0.493 e. The number of para-hydroxylation sites is 1. The number of benzene rings is 2. The molecule has 0 aromatic heterocycles. The van der Waals surface area contributed by atoms with E-state index in [2.05, 4.69) is 0 Å². The predicted molar refractivity (Wildman–Crippen MR) is 102 cm³/mol. The molecule has 2 aromatic rings. The minimum Gasteiger partial charge on any atom is -0.493 e. The van der Waals surface area contributed by atoms with Crippen LogP contribution in [0.5, 0.6) is 11.5 Å². The van der Waals surface area contributed by atoms with Crippen LogP contribution in [0.25, 0.3) is 6.08 Å². The molecule has 5 nitrogen and oxygen atoms in total. The summed E-state index contributed by atoms with van der Waals surface area (Å²) in [7, 11) is 3.09. The maximum atomic E-state index is 12.7. The van der Waals surface area contributed by atoms with Gasteiger partial charge in [0.25, 0.3) is 11.1 Å². The third kappa shape index (κ3) is 3.60. The lowest BCUT2D eigenvalue weighted by Crippen LogP contribution is -2.27. The van der Waals surface area contributed by atoms with Gasteiger partial charge in [-0.25, -0.2) is 0 Å². The van der Waals surface area contributed by atoms with Crippen molar-refractivity contribution in [1.29, 1.82) is 0 Å². The highest BCUT2D eigenvalue weighted by atomic mass is 32.2. The van der Waals surface area contributed by atoms with Gasteiger partial charge in [-0.2, -0.15) is 0 Å². The van der Waals surface area contributed by atoms with Gasteiger partial charge < -0.3 is 9.47 Å². The van der Waals surface area contributed by atoms with E-state index in [1.807, 2.05) is 43.3 Å². The summed E-state index contributed by atoms with van der Waals surface area (Å²) in [4.78, 5) is 26.6. The van der Waals surface area contributed by atoms with Crippen molar-refractivity contribution in [2.45, 2.75) is 13.5 Å². The fourth-order valence-electron chi connectivity index (χ4n) is 2.68. The van der Waals surface area contributed by atoms with Crippen molar-refractivity contribution in [1.82, 2.24) is 4.90 Å². The topological polar surface area (TPSA) is 55.8 Å². The van der Waals surface area contributed by atoms with E-state index in [9.17, 15) is 9.59 Å². The molecule has 2 aromatic carbocycles. The van der Waals surface area contributed by atoms with Gasteiger partial charge >= 0.3 is 0 Å². The molecule has 1 saturated heterocycles. The number of rotatable bonds is 5. The molecule has 1 heterocycles. The molecule has 0 atom stereocenters. The number of amides is 2. The maximum Gasteiger partial charge on any atom is 0.293 e. The quantitative estimate of drug-likeness (QED) is 0.738. The highest BCUT2D eigenvalue weighted by molar-refractivity contribution is 8.18. The second-order valence-corrected chi connectivity index (χ2v) is 6.83. The van der Waals surface area contributed by atoms with Crippen LogP contribution in [0.15, 0.2) is 47.4 Å². The van der Waals surface area contributed by atoms with E-state index in [0.29, 0.717) is 22.0 Å². The molecule has 0 spiro atoms. The van der Waals surface area contributed by atoms with Gasteiger partial charge in [-0.3, -0.25) is 14.5 Å². The van der Waals surface area contributed by atoms with Crippen LogP contribution in [0.3, 0.4) is 0 Å². The number of hydrogen-bond donors (Lipinski definition) is 0. The van der Waals surface area contributed by atoms with Gasteiger partial charge in [-0.05, 0) is 36.4 Å². The highest BCUT2D eigenvalue weighted by Gasteiger charge is 2.35. The van der Waals surface area contributed by atoms with E-state index < -0.39 is 0 Å². The third-order valence-corrected chi connectivity index (χ3v) is 4.96. The highest BCUT2D eigenvalue weighted by Crippen LogP contribution is 2.37. The number of hydrogen-bond acceptors (Lipinski definition) is 5. The lowest BCUT2D eigenvalue weighted by Gasteiger charge is -2.13. The summed E-state index contributed by atoms with van der Waals surface area (Å²) in [5.74, 6) is 0.797. The van der Waals surface area contributed by atoms with Gasteiger partial charge in [-0.15, -0.1) is 0 Å². The second kappa shape index (κ2) is 7.66. The Morgan fingerprint density at radius 3 is 2.42 bits per heavy atom. The minimum absolute atomic E-state index is 0.261. The number of methoxy groups -OCH3 is 2. The van der Waals surface area contributed by atoms with Crippen LogP contribution in [0.4, 0.5) is 4.79 Å². The van der Waals surface area contributed by atoms with Crippen LogP contribution in [0.1, 0.15) is 16.7 Å². The summed E-state index contributed by atoms with van der Waals surface area (Å²) >= 11 is 0.934. The van der Waals surface area contributed by atoms with E-state index in [1.54, 1.807) is 26.4 Å². The molecule has 1 fully saturated rings. The summed E-state index contributed by atoms with van der Waals surface area (Å²) < 4.78 is 10.7. The fourth-order valence-corrected chi connectivity index (χ4v) is 3.51. The van der Waals surface area contributed by atoms with Crippen LogP contribution in [-0.4, -0.2) is 30.3 Å². The lowest BCUT2D eigenvalue weighted by molar-refractivity contribution is -0.123. The molecule has 0 bridgehead atoms. The molecule has 26 heavy (non-hydrogen) atoms. The minimum atomic E-state index is -0.301. The van der Waals surface area contributed by atoms with Crippen molar-refractivity contribution < 1.29 is 19.1 Å². The van der Waals surface area contributed by atoms with Gasteiger partial charge in [0.05, 0.1) is 25.7 Å². The molecule has 134 valence electrons. The zero-order valence-corrected chi connectivity index (χ0v) is 15.6. The average Bonchev–Trinajstić information content (AvgIpc) is 2.90. The third-order valence-electron chi connectivity index (χ3n) is 4.05. The second-order valence-electron chi connectivity index (χ2n) is 5.84. The Morgan fingerprint density at radius 2 is 1.77 bits per heavy atom. The summed E-state index contributed by atoms with van der Waals surface area (Å²) in [6.45, 7) is 2.26. The number of nitrogens with zero attached hydrogens (tertiary/aromatic N) is 1. The molecule has 0 aliphatic carbocycles. The van der Waals surface area contributed by atoms with Crippen molar-refractivity contribution >= 4 is 29.0 Å². The van der Waals surface area contributed by atoms with Gasteiger partial charge in [-0.1, -0.05) is 42.0 Å². The first-order valence-corrected chi connectivity index (χ1v) is 8.87. The maximum absolute atomic E-state index is 12.7. The smallest absolute Gasteiger partial charge is 0.293 e. The van der Waals surface area contributed by atoms with E-state index in [1.165, 1.54) is 4.90 Å². The zero-order chi connectivity index (χ0) is 18.7. The molecule has 2 amide bonds. The normalized spacial score (nSPS) is 15.7. The molecular formula is C20H19NO4S. The first kappa shape index (κ1) is 18.1. The van der Waals surface area contributed by atoms with Gasteiger partial charge in [0.2, 0.25) is 0 Å². The average molecular weight is 369 g/mol. The Labute approximate surface area is 156 Å². The first-order chi connectivity index (χ1) is 12.5. The number of imide groups is 1. The lowest BCUT2D eigenvalue weighted by atomic mass is 10.1. The van der Waals surface area contributed by atoms with Gasteiger partial charge in [0.1, 0.15) is 0 Å². The Kier molecular flexibility index (Phi) is 5.32. The molecule has 3 rings (SSSR count). The molecule has 1 aliphatic heterocycles. The van der Waals surface area contributed by atoms with Gasteiger partial charge in [0, 0.05) is 5.56 Å². The summed E-state index contributed by atoms with van der Waals surface area (Å²) in [5.41, 5.74) is 2.73. The van der Waals surface area contributed by atoms with Crippen LogP contribution in [-0.2, 0) is 11.3 Å². The Morgan fingerprint density at radius 1 is 1.04 bits per heavy atom. The Balaban J connectivity index is 1.87. The molecule has 0 radical (unpaired) electrons. The number of carbonyl (C=O) groups excluding carboxylic acids is 2. The van der Waals surface area contributed by atoms with Crippen LogP contribution >= 0.6 is 11.8 Å². The van der Waals surface area contributed by atoms with Crippen molar-refractivity contribution in [2.24, 2.45) is 0 Å². The molecular weight excluding hydrogens is 350 g/mol. The summed E-state index contributed by atoms with van der Waals surface area (Å²) in [5, 5.41) is -0.274. The number of carbonyl (C=O) groups is 2. The first-order valence-electron chi connectivity index (χ1n) is 8.05. The fraction of sp³-hybridized carbons (Fsp3) is 0.200. The molecule has 1 aliphatic rings. The van der Waals surface area contributed by atoms with Crippen molar-refractivity contribution in [2.75, 3.05) is 14.2 Å². The number of thioether (sulfide) groups is 1. The van der Waals surface area contributed by atoms with E-state index in [4.69, 9.17) is 9.47 Å². The van der Waals surface area contributed by atoms with E-state index in [0.717, 1.165) is 22.9 Å². The van der Waals surface area contributed by atoms with Crippen molar-refractivity contribution in [3.63, 3.8) is 0 Å². The van der Waals surface area contributed by atoms with Crippen molar-refractivity contribution in [3.8, 4) is 11.5 Å². The van der Waals surface area contributed by atoms with Crippen LogP contribution in [0, 0.1) is 6.92 Å². The Bertz CT molecular complexity index is 874. The Hall–Kier alpha value is -2.73. The van der Waals surface area contributed by atoms with E-state index in [-0.39, 0.29) is 17.7 Å². The van der Waals surface area contributed by atoms with Crippen LogP contribution < -0.4 is 9.47 Å². The number of aryl methyl sites for hydroxylation is 1. The van der Waals surface area contributed by atoms with Gasteiger partial charge in [0.15, 0.2) is 11.5 Å². The van der Waals surface area contributed by atoms with E-state index >= 15 is 0 Å². The van der Waals surface area contributed by atoms with Crippen molar-refractivity contribution in [3.05, 3.63) is 64.1 Å². The molecule has 6 heteroatoms. The zero-order valence-electron chi connectivity index (χ0n) is 14.8. The standard InChI is InChI=1S/C20H19NO4S/c1-13-7-9-14(10-8-13)12-21-19(22)17(26-20(21)23)11-15-5-4-6-16(24-2)18(15)25-3/h4-11H,12H2,1-3H3/b17-11+. The number of ether oxygens (including phenoxy) is 2. The predicted octanol–water partition coefficient (Wildman–Crippen LogP) is 4.25. The molecule has 0 N–H and O–H groups in total. The monoisotopic (exact) mass is 369 g/mol.